The summed E-state index contributed by atoms with van der Waals surface area (Å²) in [6, 6.07) is 19.5. The number of benzene rings is 3. The zero-order chi connectivity index (χ0) is 27.1. The third-order valence-electron chi connectivity index (χ3n) is 6.05. The van der Waals surface area contributed by atoms with E-state index >= 15 is 0 Å². The number of hydrogen-bond acceptors (Lipinski definition) is 6. The highest BCUT2D eigenvalue weighted by molar-refractivity contribution is 7.89. The van der Waals surface area contributed by atoms with E-state index in [4.69, 9.17) is 21.1 Å². The van der Waals surface area contributed by atoms with E-state index in [0.29, 0.717) is 23.8 Å². The zero-order valence-electron chi connectivity index (χ0n) is 20.7. The van der Waals surface area contributed by atoms with Crippen LogP contribution in [0, 0.1) is 0 Å². The third-order valence-corrected chi connectivity index (χ3v) is 8.30. The second-order valence-corrected chi connectivity index (χ2v) is 10.9. The highest BCUT2D eigenvalue weighted by atomic mass is 35.5. The molecule has 2 amide bonds. The summed E-state index contributed by atoms with van der Waals surface area (Å²) in [7, 11) is -2.49. The van der Waals surface area contributed by atoms with Gasteiger partial charge in [0.2, 0.25) is 15.9 Å². The van der Waals surface area contributed by atoms with Crippen LogP contribution in [0.15, 0.2) is 77.7 Å². The van der Waals surface area contributed by atoms with E-state index in [1.54, 1.807) is 30.3 Å². The SMILES string of the molecule is COc1ccc(NC(=O)CC(NC(=O)c2ccccc2Cl)c2ccccc2)cc1S(=O)(=O)N1CCOCC1. The van der Waals surface area contributed by atoms with Crippen LogP contribution in [0.1, 0.15) is 28.4 Å². The first-order valence-corrected chi connectivity index (χ1v) is 13.8. The van der Waals surface area contributed by atoms with Gasteiger partial charge >= 0.3 is 0 Å². The Balaban J connectivity index is 1.54. The Hall–Kier alpha value is -3.44. The second kappa shape index (κ2) is 12.4. The molecule has 11 heteroatoms. The van der Waals surface area contributed by atoms with Crippen LogP contribution >= 0.6 is 11.6 Å². The van der Waals surface area contributed by atoms with Crippen molar-refractivity contribution in [1.82, 2.24) is 9.62 Å². The number of methoxy groups -OCH3 is 1. The number of rotatable bonds is 9. The maximum absolute atomic E-state index is 13.3. The maximum Gasteiger partial charge on any atom is 0.253 e. The third kappa shape index (κ3) is 6.51. The van der Waals surface area contributed by atoms with Gasteiger partial charge in [0.15, 0.2) is 0 Å². The molecule has 0 aromatic heterocycles. The summed E-state index contributed by atoms with van der Waals surface area (Å²) in [6.07, 6.45) is -0.0994. The molecule has 1 fully saturated rings. The molecule has 1 heterocycles. The number of morpholine rings is 1. The Morgan fingerprint density at radius 2 is 1.71 bits per heavy atom. The van der Waals surface area contributed by atoms with Gasteiger partial charge in [-0.05, 0) is 35.9 Å². The minimum Gasteiger partial charge on any atom is -0.495 e. The smallest absolute Gasteiger partial charge is 0.253 e. The molecular formula is C27H28ClN3O6S. The Kier molecular flexibility index (Phi) is 9.01. The lowest BCUT2D eigenvalue weighted by molar-refractivity contribution is -0.116. The summed E-state index contributed by atoms with van der Waals surface area (Å²) < 4.78 is 38.4. The van der Waals surface area contributed by atoms with E-state index in [1.165, 1.54) is 23.5 Å². The highest BCUT2D eigenvalue weighted by Gasteiger charge is 2.30. The molecule has 1 aliphatic heterocycles. The van der Waals surface area contributed by atoms with E-state index in [2.05, 4.69) is 10.6 Å². The first-order chi connectivity index (χ1) is 18.3. The summed E-state index contributed by atoms with van der Waals surface area (Å²) in [5.74, 6) is -0.664. The molecule has 0 radical (unpaired) electrons. The fourth-order valence-corrected chi connectivity index (χ4v) is 5.91. The van der Waals surface area contributed by atoms with Gasteiger partial charge in [-0.25, -0.2) is 8.42 Å². The molecule has 9 nitrogen and oxygen atoms in total. The monoisotopic (exact) mass is 557 g/mol. The van der Waals surface area contributed by atoms with Crippen LogP contribution in [0.4, 0.5) is 5.69 Å². The largest absolute Gasteiger partial charge is 0.495 e. The van der Waals surface area contributed by atoms with Crippen molar-refractivity contribution in [1.29, 1.82) is 0 Å². The lowest BCUT2D eigenvalue weighted by Gasteiger charge is -2.27. The average molecular weight is 558 g/mol. The van der Waals surface area contributed by atoms with Gasteiger partial charge in [0, 0.05) is 18.8 Å². The molecule has 0 saturated carbocycles. The average Bonchev–Trinajstić information content (AvgIpc) is 2.93. The zero-order valence-corrected chi connectivity index (χ0v) is 22.3. The molecule has 0 aliphatic carbocycles. The van der Waals surface area contributed by atoms with E-state index in [9.17, 15) is 18.0 Å². The number of sulfonamides is 1. The Morgan fingerprint density at radius 3 is 2.39 bits per heavy atom. The molecule has 1 saturated heterocycles. The van der Waals surface area contributed by atoms with Gasteiger partial charge in [-0.1, -0.05) is 54.1 Å². The van der Waals surface area contributed by atoms with Crippen LogP contribution in [0.25, 0.3) is 0 Å². The summed E-state index contributed by atoms with van der Waals surface area (Å²) in [5, 5.41) is 5.94. The molecule has 1 aliphatic rings. The molecule has 0 bridgehead atoms. The fourth-order valence-electron chi connectivity index (χ4n) is 4.10. The number of ether oxygens (including phenoxy) is 2. The number of carbonyl (C=O) groups is 2. The summed E-state index contributed by atoms with van der Waals surface area (Å²) >= 11 is 6.18. The molecule has 3 aromatic carbocycles. The maximum atomic E-state index is 13.3. The standard InChI is InChI=1S/C27H28ClN3O6S/c1-36-24-12-11-20(17-25(24)38(34,35)31-13-15-37-16-14-31)29-26(32)18-23(19-7-3-2-4-8-19)30-27(33)21-9-5-6-10-22(21)28/h2-12,17,23H,13-16,18H2,1H3,(H,29,32)(H,30,33). The van der Waals surface area contributed by atoms with Crippen LogP contribution in [-0.2, 0) is 19.6 Å². The Morgan fingerprint density at radius 1 is 1.03 bits per heavy atom. The molecule has 0 spiro atoms. The van der Waals surface area contributed by atoms with Crippen molar-refractivity contribution in [2.45, 2.75) is 17.4 Å². The topological polar surface area (TPSA) is 114 Å². The highest BCUT2D eigenvalue weighted by Crippen LogP contribution is 2.30. The molecule has 3 aromatic rings. The van der Waals surface area contributed by atoms with Crippen molar-refractivity contribution in [3.05, 3.63) is 88.9 Å². The molecule has 4 rings (SSSR count). The summed E-state index contributed by atoms with van der Waals surface area (Å²) in [5.41, 5.74) is 1.31. The quantitative estimate of drug-likeness (QED) is 0.413. The molecule has 1 unspecified atom stereocenters. The Labute approximate surface area is 226 Å². The lowest BCUT2D eigenvalue weighted by atomic mass is 10.0. The van der Waals surface area contributed by atoms with Crippen LogP contribution in [0.2, 0.25) is 5.02 Å². The predicted molar refractivity (Wildman–Crippen MR) is 144 cm³/mol. The van der Waals surface area contributed by atoms with Crippen molar-refractivity contribution in [2.75, 3.05) is 38.7 Å². The van der Waals surface area contributed by atoms with E-state index < -0.39 is 27.9 Å². The molecule has 200 valence electrons. The van der Waals surface area contributed by atoms with Crippen LogP contribution < -0.4 is 15.4 Å². The normalized spacial score (nSPS) is 14.9. The molecule has 2 N–H and O–H groups in total. The number of nitrogens with one attached hydrogen (secondary N) is 2. The molecule has 1 atom stereocenters. The second-order valence-electron chi connectivity index (χ2n) is 8.55. The lowest BCUT2D eigenvalue weighted by Crippen LogP contribution is -2.40. The number of carbonyl (C=O) groups excluding carboxylic acids is 2. The number of nitrogens with zero attached hydrogens (tertiary/aromatic N) is 1. The number of anilines is 1. The van der Waals surface area contributed by atoms with Crippen LogP contribution in [0.3, 0.4) is 0 Å². The Bertz CT molecular complexity index is 1390. The van der Waals surface area contributed by atoms with Gasteiger partial charge < -0.3 is 20.1 Å². The first-order valence-electron chi connectivity index (χ1n) is 12.0. The fraction of sp³-hybridized carbons (Fsp3) is 0.259. The number of hydrogen-bond donors (Lipinski definition) is 2. The van der Waals surface area contributed by atoms with Gasteiger partial charge in [-0.15, -0.1) is 0 Å². The first kappa shape index (κ1) is 27.6. The van der Waals surface area contributed by atoms with Crippen molar-refractivity contribution in [3.63, 3.8) is 0 Å². The molecular weight excluding hydrogens is 530 g/mol. The van der Waals surface area contributed by atoms with Gasteiger partial charge in [0.1, 0.15) is 10.6 Å². The van der Waals surface area contributed by atoms with E-state index in [-0.39, 0.29) is 35.8 Å². The minimum atomic E-state index is -3.87. The van der Waals surface area contributed by atoms with Gasteiger partial charge in [-0.3, -0.25) is 9.59 Å². The van der Waals surface area contributed by atoms with Crippen LogP contribution in [0.5, 0.6) is 5.75 Å². The van der Waals surface area contributed by atoms with Crippen molar-refractivity contribution in [3.8, 4) is 5.75 Å². The predicted octanol–water partition coefficient (Wildman–Crippen LogP) is 3.87. The number of halogens is 1. The van der Waals surface area contributed by atoms with Gasteiger partial charge in [0.25, 0.3) is 5.91 Å². The van der Waals surface area contributed by atoms with Crippen molar-refractivity contribution in [2.24, 2.45) is 0 Å². The van der Waals surface area contributed by atoms with E-state index in [0.717, 1.165) is 5.56 Å². The summed E-state index contributed by atoms with van der Waals surface area (Å²) in [6.45, 7) is 1.06. The minimum absolute atomic E-state index is 0.0497. The van der Waals surface area contributed by atoms with Crippen molar-refractivity contribution < 1.29 is 27.5 Å². The van der Waals surface area contributed by atoms with Crippen molar-refractivity contribution >= 4 is 39.1 Å². The molecule has 38 heavy (non-hydrogen) atoms. The summed E-state index contributed by atoms with van der Waals surface area (Å²) in [4.78, 5) is 26.0. The van der Waals surface area contributed by atoms with Gasteiger partial charge in [0.05, 0.1) is 43.4 Å². The number of amides is 2. The van der Waals surface area contributed by atoms with E-state index in [1.807, 2.05) is 30.3 Å². The van der Waals surface area contributed by atoms with Gasteiger partial charge in [-0.2, -0.15) is 4.31 Å². The van der Waals surface area contributed by atoms with Crippen LogP contribution in [-0.4, -0.2) is 58.0 Å².